The molecule has 0 bridgehead atoms. The fraction of sp³-hybridized carbons (Fsp3) is 0.700. The van der Waals surface area contributed by atoms with Crippen molar-refractivity contribution < 1.29 is 0 Å². The van der Waals surface area contributed by atoms with Crippen molar-refractivity contribution in [2.75, 3.05) is 37.8 Å². The zero-order valence-electron chi connectivity index (χ0n) is 10.0. The molecule has 0 amide bonds. The highest BCUT2D eigenvalue weighted by atomic mass is 15.4. The third-order valence-electron chi connectivity index (χ3n) is 2.50. The second kappa shape index (κ2) is 5.02. The first-order valence-corrected chi connectivity index (χ1v) is 5.30. The maximum atomic E-state index is 6.01. The summed E-state index contributed by atoms with van der Waals surface area (Å²) in [7, 11) is 3.98. The number of nitrogens with one attached hydrogen (secondary N) is 1. The van der Waals surface area contributed by atoms with E-state index < -0.39 is 0 Å². The third-order valence-corrected chi connectivity index (χ3v) is 2.50. The number of hydrogen-bond acceptors (Lipinski definition) is 4. The minimum atomic E-state index is 0.787. The summed E-state index contributed by atoms with van der Waals surface area (Å²) < 4.78 is 1.94. The number of nitrogen functional groups attached to an aromatic ring is 1. The van der Waals surface area contributed by atoms with Gasteiger partial charge < -0.3 is 16.0 Å². The van der Waals surface area contributed by atoms with Crippen LogP contribution in [0.2, 0.25) is 0 Å². The minimum absolute atomic E-state index is 0.787. The van der Waals surface area contributed by atoms with Crippen LogP contribution >= 0.6 is 0 Å². The molecule has 0 radical (unpaired) electrons. The van der Waals surface area contributed by atoms with Gasteiger partial charge in [0.1, 0.15) is 5.82 Å². The monoisotopic (exact) mass is 211 g/mol. The van der Waals surface area contributed by atoms with E-state index in [9.17, 15) is 0 Å². The Morgan fingerprint density at radius 2 is 2.20 bits per heavy atom. The standard InChI is InChI=1S/C10H21N5/c1-5-15-10(9(11)8(2)13-15)14(4)7-6-12-3/h12H,5-7,11H2,1-4H3. The molecule has 0 atom stereocenters. The van der Waals surface area contributed by atoms with Gasteiger partial charge in [0.2, 0.25) is 0 Å². The highest BCUT2D eigenvalue weighted by Gasteiger charge is 2.14. The largest absolute Gasteiger partial charge is 0.394 e. The van der Waals surface area contributed by atoms with Crippen LogP contribution in [0.4, 0.5) is 11.5 Å². The van der Waals surface area contributed by atoms with E-state index in [0.717, 1.165) is 36.8 Å². The zero-order chi connectivity index (χ0) is 11.4. The van der Waals surface area contributed by atoms with Gasteiger partial charge in [-0.3, -0.25) is 0 Å². The molecule has 0 aliphatic heterocycles. The molecule has 1 heterocycles. The fourth-order valence-electron chi connectivity index (χ4n) is 1.59. The lowest BCUT2D eigenvalue weighted by molar-refractivity contribution is 0.636. The number of nitrogens with zero attached hydrogens (tertiary/aromatic N) is 3. The van der Waals surface area contributed by atoms with E-state index in [-0.39, 0.29) is 0 Å². The summed E-state index contributed by atoms with van der Waals surface area (Å²) in [6, 6.07) is 0. The molecule has 5 nitrogen and oxygen atoms in total. The van der Waals surface area contributed by atoms with Crippen LogP contribution in [-0.2, 0) is 6.54 Å². The quantitative estimate of drug-likeness (QED) is 0.742. The normalized spacial score (nSPS) is 10.7. The van der Waals surface area contributed by atoms with E-state index >= 15 is 0 Å². The number of nitrogens with two attached hydrogens (primary N) is 1. The molecule has 0 fully saturated rings. The fourth-order valence-corrected chi connectivity index (χ4v) is 1.59. The smallest absolute Gasteiger partial charge is 0.150 e. The van der Waals surface area contributed by atoms with Crippen LogP contribution in [0.25, 0.3) is 0 Å². The van der Waals surface area contributed by atoms with Gasteiger partial charge in [-0.25, -0.2) is 4.68 Å². The van der Waals surface area contributed by atoms with Crippen LogP contribution in [0.3, 0.4) is 0 Å². The summed E-state index contributed by atoms with van der Waals surface area (Å²) in [5, 5.41) is 7.51. The van der Waals surface area contributed by atoms with Gasteiger partial charge in [0, 0.05) is 26.7 Å². The Labute approximate surface area is 91.2 Å². The highest BCUT2D eigenvalue weighted by molar-refractivity contribution is 5.65. The lowest BCUT2D eigenvalue weighted by Crippen LogP contribution is -2.29. The maximum Gasteiger partial charge on any atom is 0.150 e. The zero-order valence-corrected chi connectivity index (χ0v) is 10.0. The van der Waals surface area contributed by atoms with Gasteiger partial charge in [0.25, 0.3) is 0 Å². The average Bonchev–Trinajstić information content (AvgIpc) is 2.51. The number of hydrogen-bond donors (Lipinski definition) is 2. The van der Waals surface area contributed by atoms with Gasteiger partial charge in [-0.2, -0.15) is 5.10 Å². The first-order chi connectivity index (χ1) is 7.11. The topological polar surface area (TPSA) is 59.1 Å². The van der Waals surface area contributed by atoms with E-state index in [1.165, 1.54) is 0 Å². The van der Waals surface area contributed by atoms with Gasteiger partial charge in [-0.15, -0.1) is 0 Å². The first kappa shape index (κ1) is 11.8. The predicted molar refractivity (Wildman–Crippen MR) is 64.2 cm³/mol. The summed E-state index contributed by atoms with van der Waals surface area (Å²) in [6.45, 7) is 6.71. The van der Waals surface area contributed by atoms with Crippen molar-refractivity contribution in [2.24, 2.45) is 0 Å². The number of likely N-dealkylation sites (N-methyl/N-ethyl adjacent to an activating group) is 2. The molecular formula is C10H21N5. The van der Waals surface area contributed by atoms with Crippen molar-refractivity contribution in [2.45, 2.75) is 20.4 Å². The molecule has 0 spiro atoms. The summed E-state index contributed by atoms with van der Waals surface area (Å²) >= 11 is 0. The molecule has 1 rings (SSSR count). The predicted octanol–water partition coefficient (Wildman–Crippen LogP) is 0.449. The molecule has 86 valence electrons. The Balaban J connectivity index is 2.90. The molecule has 15 heavy (non-hydrogen) atoms. The Hall–Kier alpha value is -1.23. The summed E-state index contributed by atoms with van der Waals surface area (Å²) in [5.74, 6) is 1.02. The molecule has 0 aliphatic carbocycles. The minimum Gasteiger partial charge on any atom is -0.394 e. The van der Waals surface area contributed by atoms with Crippen LogP contribution in [0.1, 0.15) is 12.6 Å². The van der Waals surface area contributed by atoms with Crippen LogP contribution in [0.5, 0.6) is 0 Å². The second-order valence-electron chi connectivity index (χ2n) is 3.66. The second-order valence-corrected chi connectivity index (χ2v) is 3.66. The molecule has 1 aromatic heterocycles. The van der Waals surface area contributed by atoms with Crippen molar-refractivity contribution in [1.29, 1.82) is 0 Å². The van der Waals surface area contributed by atoms with Crippen molar-refractivity contribution >= 4 is 11.5 Å². The van der Waals surface area contributed by atoms with Gasteiger partial charge in [-0.1, -0.05) is 0 Å². The van der Waals surface area contributed by atoms with E-state index in [4.69, 9.17) is 5.73 Å². The van der Waals surface area contributed by atoms with Crippen molar-refractivity contribution in [3.05, 3.63) is 5.69 Å². The summed E-state index contributed by atoms with van der Waals surface area (Å²) in [4.78, 5) is 2.13. The van der Waals surface area contributed by atoms with E-state index in [2.05, 4.69) is 22.2 Å². The Morgan fingerprint density at radius 3 is 2.73 bits per heavy atom. The van der Waals surface area contributed by atoms with Crippen molar-refractivity contribution in [3.8, 4) is 0 Å². The molecule has 5 heteroatoms. The molecule has 0 aromatic carbocycles. The van der Waals surface area contributed by atoms with Gasteiger partial charge in [0.05, 0.1) is 11.4 Å². The SMILES string of the molecule is CCn1nc(C)c(N)c1N(C)CCNC. The third kappa shape index (κ3) is 2.41. The lowest BCUT2D eigenvalue weighted by atomic mass is 10.3. The molecular weight excluding hydrogens is 190 g/mol. The summed E-state index contributed by atoms with van der Waals surface area (Å²) in [6.07, 6.45) is 0. The Morgan fingerprint density at radius 1 is 1.53 bits per heavy atom. The van der Waals surface area contributed by atoms with Gasteiger partial charge in [-0.05, 0) is 20.9 Å². The van der Waals surface area contributed by atoms with Crippen molar-refractivity contribution in [3.63, 3.8) is 0 Å². The maximum absolute atomic E-state index is 6.01. The number of rotatable bonds is 5. The van der Waals surface area contributed by atoms with Crippen LogP contribution in [0.15, 0.2) is 0 Å². The van der Waals surface area contributed by atoms with Crippen LogP contribution in [-0.4, -0.2) is 37.0 Å². The van der Waals surface area contributed by atoms with Gasteiger partial charge >= 0.3 is 0 Å². The van der Waals surface area contributed by atoms with E-state index in [1.807, 2.05) is 25.7 Å². The number of aryl methyl sites for hydroxylation is 2. The molecule has 1 aromatic rings. The lowest BCUT2D eigenvalue weighted by Gasteiger charge is -2.20. The first-order valence-electron chi connectivity index (χ1n) is 5.30. The summed E-state index contributed by atoms with van der Waals surface area (Å²) in [5.41, 5.74) is 7.70. The van der Waals surface area contributed by atoms with Crippen LogP contribution < -0.4 is 16.0 Å². The van der Waals surface area contributed by atoms with Gasteiger partial charge in [0.15, 0.2) is 0 Å². The highest BCUT2D eigenvalue weighted by Crippen LogP contribution is 2.24. The number of anilines is 2. The van der Waals surface area contributed by atoms with E-state index in [0.29, 0.717) is 0 Å². The Bertz CT molecular complexity index is 318. The number of aromatic nitrogens is 2. The molecule has 0 aliphatic rings. The average molecular weight is 211 g/mol. The molecule has 0 saturated heterocycles. The Kier molecular flexibility index (Phi) is 3.96. The van der Waals surface area contributed by atoms with E-state index in [1.54, 1.807) is 0 Å². The molecule has 0 unspecified atom stereocenters. The molecule has 0 saturated carbocycles. The van der Waals surface area contributed by atoms with Crippen LogP contribution in [0, 0.1) is 6.92 Å². The van der Waals surface area contributed by atoms with Crippen molar-refractivity contribution in [1.82, 2.24) is 15.1 Å². The molecule has 3 N–H and O–H groups in total.